The lowest BCUT2D eigenvalue weighted by Crippen LogP contribution is -2.09. The van der Waals surface area contributed by atoms with Crippen LogP contribution in [0.4, 0.5) is 0 Å². The molecule has 0 radical (unpaired) electrons. The summed E-state index contributed by atoms with van der Waals surface area (Å²) < 4.78 is 5.60. The van der Waals surface area contributed by atoms with E-state index >= 15 is 0 Å². The topological polar surface area (TPSA) is 42.4 Å². The largest absolute Gasteiger partial charge is 0.464 e. The Bertz CT molecular complexity index is 294. The molecule has 1 aromatic heterocycles. The second-order valence-electron chi connectivity index (χ2n) is 3.25. The van der Waals surface area contributed by atoms with Gasteiger partial charge in [0.25, 0.3) is 0 Å². The van der Waals surface area contributed by atoms with Crippen LogP contribution in [-0.4, -0.2) is 19.0 Å². The minimum atomic E-state index is 0.834. The van der Waals surface area contributed by atoms with Crippen molar-refractivity contribution in [2.45, 2.75) is 12.3 Å². The first-order valence-corrected chi connectivity index (χ1v) is 5.48. The Labute approximate surface area is 88.9 Å². The molecule has 0 amide bonds. The molecule has 14 heavy (non-hydrogen) atoms. The normalized spacial score (nSPS) is 11.6. The SMILES string of the molecule is CN(C)Cc1ccc(CSC=CN)o1. The van der Waals surface area contributed by atoms with E-state index in [9.17, 15) is 0 Å². The first kappa shape index (κ1) is 11.2. The minimum absolute atomic E-state index is 0.834. The smallest absolute Gasteiger partial charge is 0.118 e. The van der Waals surface area contributed by atoms with Crippen LogP contribution in [0.2, 0.25) is 0 Å². The number of furan rings is 1. The van der Waals surface area contributed by atoms with Gasteiger partial charge in [-0.2, -0.15) is 0 Å². The van der Waals surface area contributed by atoms with Gasteiger partial charge in [0.05, 0.1) is 12.3 Å². The summed E-state index contributed by atoms with van der Waals surface area (Å²) in [7, 11) is 4.04. The van der Waals surface area contributed by atoms with Crippen LogP contribution in [0.3, 0.4) is 0 Å². The molecule has 0 fully saturated rings. The number of nitrogens with two attached hydrogens (primary N) is 1. The Hall–Kier alpha value is -0.870. The van der Waals surface area contributed by atoms with Crippen LogP contribution in [-0.2, 0) is 12.3 Å². The highest BCUT2D eigenvalue weighted by molar-refractivity contribution is 8.01. The van der Waals surface area contributed by atoms with E-state index in [-0.39, 0.29) is 0 Å². The van der Waals surface area contributed by atoms with Crippen molar-refractivity contribution < 1.29 is 4.42 Å². The maximum atomic E-state index is 5.60. The number of hydrogen-bond donors (Lipinski definition) is 1. The molecular weight excluding hydrogens is 196 g/mol. The van der Waals surface area contributed by atoms with Crippen LogP contribution in [0.25, 0.3) is 0 Å². The van der Waals surface area contributed by atoms with E-state index in [2.05, 4.69) is 4.90 Å². The van der Waals surface area contributed by atoms with Gasteiger partial charge in [-0.1, -0.05) is 0 Å². The highest BCUT2D eigenvalue weighted by atomic mass is 32.2. The molecule has 0 saturated carbocycles. The average molecular weight is 212 g/mol. The molecule has 1 rings (SSSR count). The minimum Gasteiger partial charge on any atom is -0.464 e. The number of hydrogen-bond acceptors (Lipinski definition) is 4. The first-order chi connectivity index (χ1) is 6.72. The van der Waals surface area contributed by atoms with E-state index in [1.165, 1.54) is 6.20 Å². The predicted molar refractivity (Wildman–Crippen MR) is 60.7 cm³/mol. The van der Waals surface area contributed by atoms with Crippen LogP contribution in [0.5, 0.6) is 0 Å². The van der Waals surface area contributed by atoms with Gasteiger partial charge in [-0.15, -0.1) is 11.8 Å². The van der Waals surface area contributed by atoms with Crippen molar-refractivity contribution in [1.82, 2.24) is 4.90 Å². The standard InChI is InChI=1S/C10H16N2OS/c1-12(2)7-9-3-4-10(13-9)8-14-6-5-11/h3-6H,7-8,11H2,1-2H3. The summed E-state index contributed by atoms with van der Waals surface area (Å²) in [5.41, 5.74) is 5.23. The highest BCUT2D eigenvalue weighted by Gasteiger charge is 2.02. The van der Waals surface area contributed by atoms with Crippen LogP contribution >= 0.6 is 11.8 Å². The third-order valence-corrected chi connectivity index (χ3v) is 2.39. The van der Waals surface area contributed by atoms with Crippen LogP contribution in [0.15, 0.2) is 28.2 Å². The van der Waals surface area contributed by atoms with Gasteiger partial charge in [0.15, 0.2) is 0 Å². The van der Waals surface area contributed by atoms with Crippen molar-refractivity contribution in [3.05, 3.63) is 35.3 Å². The van der Waals surface area contributed by atoms with Crippen LogP contribution in [0, 0.1) is 0 Å². The summed E-state index contributed by atoms with van der Waals surface area (Å²) in [6, 6.07) is 4.03. The zero-order chi connectivity index (χ0) is 10.4. The molecule has 0 saturated heterocycles. The first-order valence-electron chi connectivity index (χ1n) is 4.43. The quantitative estimate of drug-likeness (QED) is 0.810. The van der Waals surface area contributed by atoms with Gasteiger partial charge in [0.2, 0.25) is 0 Å². The molecule has 3 nitrogen and oxygen atoms in total. The van der Waals surface area contributed by atoms with Gasteiger partial charge in [-0.3, -0.25) is 0 Å². The Kier molecular flexibility index (Phi) is 4.62. The molecule has 78 valence electrons. The third kappa shape index (κ3) is 3.89. The molecule has 1 aromatic rings. The zero-order valence-electron chi connectivity index (χ0n) is 8.56. The Morgan fingerprint density at radius 1 is 1.43 bits per heavy atom. The Morgan fingerprint density at radius 2 is 2.14 bits per heavy atom. The summed E-state index contributed by atoms with van der Waals surface area (Å²) in [5, 5.41) is 1.86. The number of thioether (sulfide) groups is 1. The molecule has 0 bridgehead atoms. The van der Waals surface area contributed by atoms with Crippen molar-refractivity contribution in [2.24, 2.45) is 5.73 Å². The molecule has 0 aliphatic heterocycles. The predicted octanol–water partition coefficient (Wildman–Crippen LogP) is 2.00. The third-order valence-electron chi connectivity index (χ3n) is 1.59. The van der Waals surface area contributed by atoms with Gasteiger partial charge in [0, 0.05) is 6.20 Å². The maximum absolute atomic E-state index is 5.60. The van der Waals surface area contributed by atoms with Crippen molar-refractivity contribution in [2.75, 3.05) is 14.1 Å². The lowest BCUT2D eigenvalue weighted by Gasteiger charge is -2.05. The van der Waals surface area contributed by atoms with Crippen LogP contribution < -0.4 is 5.73 Å². The lowest BCUT2D eigenvalue weighted by molar-refractivity contribution is 0.344. The van der Waals surface area contributed by atoms with Crippen molar-refractivity contribution in [3.8, 4) is 0 Å². The lowest BCUT2D eigenvalue weighted by atomic mass is 10.4. The molecule has 0 aromatic carbocycles. The molecule has 0 unspecified atom stereocenters. The summed E-state index contributed by atoms with van der Waals surface area (Å²) in [5.74, 6) is 2.83. The zero-order valence-corrected chi connectivity index (χ0v) is 9.38. The second-order valence-corrected chi connectivity index (χ2v) is 4.14. The van der Waals surface area contributed by atoms with Gasteiger partial charge in [0.1, 0.15) is 11.5 Å². The molecule has 0 atom stereocenters. The van der Waals surface area contributed by atoms with Crippen molar-refractivity contribution in [3.63, 3.8) is 0 Å². The molecule has 4 heteroatoms. The van der Waals surface area contributed by atoms with Gasteiger partial charge in [-0.25, -0.2) is 0 Å². The van der Waals surface area contributed by atoms with Gasteiger partial charge >= 0.3 is 0 Å². The van der Waals surface area contributed by atoms with Gasteiger partial charge < -0.3 is 15.1 Å². The van der Waals surface area contributed by atoms with E-state index in [4.69, 9.17) is 10.2 Å². The summed E-state index contributed by atoms with van der Waals surface area (Å²) in [6.45, 7) is 0.845. The molecule has 0 aliphatic rings. The van der Waals surface area contributed by atoms with E-state index in [1.54, 1.807) is 11.8 Å². The van der Waals surface area contributed by atoms with E-state index in [0.29, 0.717) is 0 Å². The van der Waals surface area contributed by atoms with E-state index < -0.39 is 0 Å². The second kappa shape index (κ2) is 5.78. The van der Waals surface area contributed by atoms with Gasteiger partial charge in [-0.05, 0) is 31.6 Å². The fraction of sp³-hybridized carbons (Fsp3) is 0.400. The monoisotopic (exact) mass is 212 g/mol. The molecule has 0 spiro atoms. The summed E-state index contributed by atoms with van der Waals surface area (Å²) in [4.78, 5) is 2.08. The fourth-order valence-corrected chi connectivity index (χ4v) is 1.61. The molecule has 2 N–H and O–H groups in total. The average Bonchev–Trinajstić information content (AvgIpc) is 2.52. The Morgan fingerprint density at radius 3 is 2.79 bits per heavy atom. The number of rotatable bonds is 5. The molecular formula is C10H16N2OS. The van der Waals surface area contributed by atoms with E-state index in [0.717, 1.165) is 23.8 Å². The van der Waals surface area contributed by atoms with Crippen molar-refractivity contribution in [1.29, 1.82) is 0 Å². The van der Waals surface area contributed by atoms with Crippen LogP contribution in [0.1, 0.15) is 11.5 Å². The molecule has 0 aliphatic carbocycles. The highest BCUT2D eigenvalue weighted by Crippen LogP contribution is 2.16. The summed E-state index contributed by atoms with van der Waals surface area (Å²) >= 11 is 1.63. The number of nitrogens with zero attached hydrogens (tertiary/aromatic N) is 1. The van der Waals surface area contributed by atoms with E-state index in [1.807, 2.05) is 31.6 Å². The van der Waals surface area contributed by atoms with Crippen molar-refractivity contribution >= 4 is 11.8 Å². The fourth-order valence-electron chi connectivity index (χ4n) is 1.08. The summed E-state index contributed by atoms with van der Waals surface area (Å²) in [6.07, 6.45) is 1.54. The maximum Gasteiger partial charge on any atom is 0.118 e. The Balaban J connectivity index is 2.42. The molecule has 1 heterocycles.